The highest BCUT2D eigenvalue weighted by Gasteiger charge is 2.44. The van der Waals surface area contributed by atoms with Gasteiger partial charge in [0.1, 0.15) is 5.54 Å². The van der Waals surface area contributed by atoms with Crippen molar-refractivity contribution in [1.82, 2.24) is 4.90 Å². The summed E-state index contributed by atoms with van der Waals surface area (Å²) in [6.45, 7) is 1.94. The molecule has 1 aliphatic heterocycles. The molecule has 1 unspecified atom stereocenters. The molecule has 1 aliphatic rings. The molecule has 3 rings (SSSR count). The summed E-state index contributed by atoms with van der Waals surface area (Å²) in [6, 6.07) is 14.5. The summed E-state index contributed by atoms with van der Waals surface area (Å²) in [5.74, 6) is 0.587. The van der Waals surface area contributed by atoms with Crippen LogP contribution in [-0.2, 0) is 16.8 Å². The van der Waals surface area contributed by atoms with Gasteiger partial charge in [0.15, 0.2) is 5.96 Å². The van der Waals surface area contributed by atoms with Crippen LogP contribution in [0.2, 0.25) is 0 Å². The lowest BCUT2D eigenvalue weighted by Crippen LogP contribution is -2.51. The third-order valence-corrected chi connectivity index (χ3v) is 4.75. The van der Waals surface area contributed by atoms with E-state index in [0.29, 0.717) is 19.1 Å². The Bertz CT molecular complexity index is 612. The molecule has 0 saturated carbocycles. The fourth-order valence-electron chi connectivity index (χ4n) is 2.83. The van der Waals surface area contributed by atoms with Gasteiger partial charge in [-0.3, -0.25) is 4.99 Å². The average Bonchev–Trinajstić information content (AvgIpc) is 3.13. The van der Waals surface area contributed by atoms with Crippen molar-refractivity contribution in [3.63, 3.8) is 0 Å². The molecule has 0 spiro atoms. The first-order valence-corrected chi connectivity index (χ1v) is 7.79. The summed E-state index contributed by atoms with van der Waals surface area (Å²) in [5.41, 5.74) is 7.04. The summed E-state index contributed by atoms with van der Waals surface area (Å²) in [5, 5.41) is 2.08. The zero-order chi connectivity index (χ0) is 14.7. The summed E-state index contributed by atoms with van der Waals surface area (Å²) in [6.07, 6.45) is 0. The third kappa shape index (κ3) is 2.54. The van der Waals surface area contributed by atoms with Crippen LogP contribution in [0.5, 0.6) is 0 Å². The second-order valence-corrected chi connectivity index (χ2v) is 6.20. The second-order valence-electron chi connectivity index (χ2n) is 5.17. The third-order valence-electron chi connectivity index (χ3n) is 3.88. The number of hydrogen-bond donors (Lipinski definition) is 1. The number of guanidine groups is 1. The van der Waals surface area contributed by atoms with Gasteiger partial charge in [-0.25, -0.2) is 0 Å². The van der Waals surface area contributed by atoms with Crippen molar-refractivity contribution in [2.75, 3.05) is 20.3 Å². The Morgan fingerprint density at radius 3 is 2.76 bits per heavy atom. The molecule has 4 nitrogen and oxygen atoms in total. The van der Waals surface area contributed by atoms with Crippen molar-refractivity contribution in [2.45, 2.75) is 12.1 Å². The fourth-order valence-corrected chi connectivity index (χ4v) is 3.53. The van der Waals surface area contributed by atoms with Crippen LogP contribution in [0.25, 0.3) is 0 Å². The Morgan fingerprint density at radius 2 is 2.10 bits per heavy atom. The number of benzene rings is 1. The van der Waals surface area contributed by atoms with Gasteiger partial charge in [-0.05, 0) is 17.0 Å². The first kappa shape index (κ1) is 14.1. The van der Waals surface area contributed by atoms with Crippen LogP contribution in [0.4, 0.5) is 0 Å². The monoisotopic (exact) mass is 301 g/mol. The SMILES string of the molecule is COCC1(c2ccccc2)CN=C(N)N1Cc1cccs1. The summed E-state index contributed by atoms with van der Waals surface area (Å²) in [4.78, 5) is 7.93. The van der Waals surface area contributed by atoms with E-state index in [0.717, 1.165) is 6.54 Å². The van der Waals surface area contributed by atoms with Crippen LogP contribution in [0.1, 0.15) is 10.4 Å². The molecule has 0 radical (unpaired) electrons. The molecule has 2 N–H and O–H groups in total. The summed E-state index contributed by atoms with van der Waals surface area (Å²) >= 11 is 1.73. The topological polar surface area (TPSA) is 50.9 Å². The number of rotatable bonds is 5. The predicted molar refractivity (Wildman–Crippen MR) is 86.3 cm³/mol. The lowest BCUT2D eigenvalue weighted by Gasteiger charge is -2.39. The predicted octanol–water partition coefficient (Wildman–Crippen LogP) is 2.42. The van der Waals surface area contributed by atoms with E-state index in [9.17, 15) is 0 Å². The van der Waals surface area contributed by atoms with E-state index in [4.69, 9.17) is 10.5 Å². The van der Waals surface area contributed by atoms with Gasteiger partial charge in [0.25, 0.3) is 0 Å². The fraction of sp³-hybridized carbons (Fsp3) is 0.312. The van der Waals surface area contributed by atoms with Gasteiger partial charge in [0.05, 0.1) is 19.7 Å². The van der Waals surface area contributed by atoms with E-state index in [1.807, 2.05) is 18.2 Å². The maximum Gasteiger partial charge on any atom is 0.192 e. The molecule has 0 amide bonds. The number of ether oxygens (including phenoxy) is 1. The van der Waals surface area contributed by atoms with E-state index in [-0.39, 0.29) is 5.54 Å². The minimum atomic E-state index is -0.315. The second kappa shape index (κ2) is 5.87. The molecule has 0 bridgehead atoms. The maximum absolute atomic E-state index is 6.16. The molecule has 2 heterocycles. The molecule has 0 aliphatic carbocycles. The standard InChI is InChI=1S/C16H19N3OS/c1-20-12-16(13-6-3-2-4-7-13)11-18-15(17)19(16)10-14-8-5-9-21-14/h2-9H,10-12H2,1H3,(H2,17,18). The van der Waals surface area contributed by atoms with Crippen molar-refractivity contribution in [2.24, 2.45) is 10.7 Å². The van der Waals surface area contributed by atoms with Gasteiger partial charge in [-0.1, -0.05) is 36.4 Å². The molecule has 110 valence electrons. The normalized spacial score (nSPS) is 21.6. The molecular weight excluding hydrogens is 282 g/mol. The van der Waals surface area contributed by atoms with Gasteiger partial charge < -0.3 is 15.4 Å². The molecule has 1 atom stereocenters. The lowest BCUT2D eigenvalue weighted by atomic mass is 9.89. The van der Waals surface area contributed by atoms with Crippen molar-refractivity contribution in [1.29, 1.82) is 0 Å². The number of aliphatic imine (C=N–C) groups is 1. The maximum atomic E-state index is 6.16. The van der Waals surface area contributed by atoms with Crippen LogP contribution < -0.4 is 5.73 Å². The molecule has 1 aromatic heterocycles. The smallest absolute Gasteiger partial charge is 0.192 e. The molecule has 0 fully saturated rings. The zero-order valence-corrected chi connectivity index (χ0v) is 12.8. The molecule has 0 saturated heterocycles. The molecule has 5 heteroatoms. The largest absolute Gasteiger partial charge is 0.382 e. The molecule has 21 heavy (non-hydrogen) atoms. The van der Waals surface area contributed by atoms with Crippen molar-refractivity contribution in [3.05, 3.63) is 58.3 Å². The van der Waals surface area contributed by atoms with E-state index in [1.165, 1.54) is 10.4 Å². The molecular formula is C16H19N3OS. The number of nitrogens with zero attached hydrogens (tertiary/aromatic N) is 2. The summed E-state index contributed by atoms with van der Waals surface area (Å²) in [7, 11) is 1.72. The number of hydrogen-bond acceptors (Lipinski definition) is 5. The van der Waals surface area contributed by atoms with Crippen LogP contribution in [0, 0.1) is 0 Å². The molecule has 2 aromatic rings. The first-order chi connectivity index (χ1) is 10.3. The lowest BCUT2D eigenvalue weighted by molar-refractivity contribution is 0.0613. The van der Waals surface area contributed by atoms with E-state index < -0.39 is 0 Å². The van der Waals surface area contributed by atoms with E-state index in [2.05, 4.69) is 39.5 Å². The van der Waals surface area contributed by atoms with Crippen molar-refractivity contribution >= 4 is 17.3 Å². The van der Waals surface area contributed by atoms with Crippen molar-refractivity contribution < 1.29 is 4.74 Å². The van der Waals surface area contributed by atoms with Gasteiger partial charge in [0.2, 0.25) is 0 Å². The number of methoxy groups -OCH3 is 1. The minimum absolute atomic E-state index is 0.315. The zero-order valence-electron chi connectivity index (χ0n) is 12.0. The first-order valence-electron chi connectivity index (χ1n) is 6.91. The Morgan fingerprint density at radius 1 is 1.29 bits per heavy atom. The highest BCUT2D eigenvalue weighted by atomic mass is 32.1. The summed E-state index contributed by atoms with van der Waals surface area (Å²) < 4.78 is 5.51. The Balaban J connectivity index is 1.98. The number of nitrogens with two attached hydrogens (primary N) is 1. The van der Waals surface area contributed by atoms with Crippen LogP contribution in [-0.4, -0.2) is 31.1 Å². The average molecular weight is 301 g/mol. The Kier molecular flexibility index (Phi) is 3.94. The highest BCUT2D eigenvalue weighted by molar-refractivity contribution is 7.09. The van der Waals surface area contributed by atoms with Crippen LogP contribution >= 0.6 is 11.3 Å². The van der Waals surface area contributed by atoms with Gasteiger partial charge in [-0.15, -0.1) is 11.3 Å². The highest BCUT2D eigenvalue weighted by Crippen LogP contribution is 2.35. The Hall–Kier alpha value is -1.85. The number of thiophene rings is 1. The Labute approximate surface area is 128 Å². The van der Waals surface area contributed by atoms with Gasteiger partial charge in [-0.2, -0.15) is 0 Å². The minimum Gasteiger partial charge on any atom is -0.382 e. The van der Waals surface area contributed by atoms with E-state index >= 15 is 0 Å². The van der Waals surface area contributed by atoms with Crippen LogP contribution in [0.15, 0.2) is 52.8 Å². The van der Waals surface area contributed by atoms with Crippen LogP contribution in [0.3, 0.4) is 0 Å². The van der Waals surface area contributed by atoms with E-state index in [1.54, 1.807) is 18.4 Å². The van der Waals surface area contributed by atoms with Gasteiger partial charge in [0, 0.05) is 12.0 Å². The quantitative estimate of drug-likeness (QED) is 0.923. The van der Waals surface area contributed by atoms with Crippen molar-refractivity contribution in [3.8, 4) is 0 Å². The molecule has 1 aromatic carbocycles. The van der Waals surface area contributed by atoms with Gasteiger partial charge >= 0.3 is 0 Å².